The van der Waals surface area contributed by atoms with Crippen molar-refractivity contribution in [2.75, 3.05) is 0 Å². The van der Waals surface area contributed by atoms with Gasteiger partial charge >= 0.3 is 0 Å². The van der Waals surface area contributed by atoms with E-state index < -0.39 is 6.04 Å². The Morgan fingerprint density at radius 2 is 1.73 bits per heavy atom. The van der Waals surface area contributed by atoms with Gasteiger partial charge in [-0.3, -0.25) is 9.59 Å². The summed E-state index contributed by atoms with van der Waals surface area (Å²) in [6.45, 7) is 1.35. The van der Waals surface area contributed by atoms with Crippen molar-refractivity contribution >= 4 is 31.1 Å². The predicted octanol–water partition coefficient (Wildman–Crippen LogP) is 1.17. The highest BCUT2D eigenvalue weighted by atomic mass is 16.1. The molecule has 22 heavy (non-hydrogen) atoms. The molecule has 122 valence electrons. The summed E-state index contributed by atoms with van der Waals surface area (Å²) >= 11 is 0. The number of amides is 1. The normalized spacial score (nSPS) is 13.8. The highest BCUT2D eigenvalue weighted by Crippen LogP contribution is 2.14. The van der Waals surface area contributed by atoms with Crippen LogP contribution in [0.1, 0.15) is 45.4 Å². The first kappa shape index (κ1) is 19.9. The predicted molar refractivity (Wildman–Crippen MR) is 81.1 cm³/mol. The first-order chi connectivity index (χ1) is 10.6. The average Bonchev–Trinajstić information content (AvgIpc) is 2.50. The molecule has 0 aromatic carbocycles. The van der Waals surface area contributed by atoms with Crippen molar-refractivity contribution in [3.8, 4) is 0 Å². The maximum atomic E-state index is 11.2. The van der Waals surface area contributed by atoms with Gasteiger partial charge in [0.05, 0.1) is 6.04 Å². The molecule has 0 aromatic heterocycles. The van der Waals surface area contributed by atoms with E-state index in [2.05, 4.69) is 5.32 Å². The van der Waals surface area contributed by atoms with Gasteiger partial charge in [0, 0.05) is 31.3 Å². The van der Waals surface area contributed by atoms with Crippen LogP contribution in [0.3, 0.4) is 0 Å². The Hall–Kier alpha value is -2.11. The third kappa shape index (κ3) is 8.94. The number of aldehydes is 4. The van der Waals surface area contributed by atoms with Crippen molar-refractivity contribution in [3.05, 3.63) is 11.6 Å². The summed E-state index contributed by atoms with van der Waals surface area (Å²) in [6, 6.07) is -0.465. The molecule has 0 bridgehead atoms. The van der Waals surface area contributed by atoms with E-state index in [1.165, 1.54) is 6.92 Å². The number of hydrogen-bond donors (Lipinski definition) is 1. The van der Waals surface area contributed by atoms with E-state index in [0.717, 1.165) is 18.9 Å². The second-order valence-electron chi connectivity index (χ2n) is 5.05. The van der Waals surface area contributed by atoms with Gasteiger partial charge in [0.15, 0.2) is 0 Å². The van der Waals surface area contributed by atoms with Crippen molar-refractivity contribution in [1.29, 1.82) is 0 Å². The minimum atomic E-state index is -0.465. The lowest BCUT2D eigenvalue weighted by Crippen LogP contribution is -2.35. The maximum absolute atomic E-state index is 11.2. The van der Waals surface area contributed by atoms with E-state index in [1.54, 1.807) is 6.08 Å². The summed E-state index contributed by atoms with van der Waals surface area (Å²) < 4.78 is 0. The Labute approximate surface area is 130 Å². The van der Waals surface area contributed by atoms with E-state index in [0.29, 0.717) is 50.4 Å². The van der Waals surface area contributed by atoms with Crippen LogP contribution in [0.4, 0.5) is 0 Å². The molecule has 0 aliphatic carbocycles. The van der Waals surface area contributed by atoms with Crippen LogP contribution < -0.4 is 5.32 Å². The van der Waals surface area contributed by atoms with Gasteiger partial charge < -0.3 is 19.7 Å². The molecule has 0 saturated carbocycles. The van der Waals surface area contributed by atoms with E-state index in [1.807, 2.05) is 0 Å². The number of rotatable bonds is 13. The van der Waals surface area contributed by atoms with Crippen molar-refractivity contribution in [1.82, 2.24) is 5.32 Å². The van der Waals surface area contributed by atoms with Crippen LogP contribution in [-0.4, -0.2) is 37.1 Å². The second kappa shape index (κ2) is 12.6. The highest BCUT2D eigenvalue weighted by Gasteiger charge is 2.15. The maximum Gasteiger partial charge on any atom is 0.217 e. The minimum absolute atomic E-state index is 0.267. The molecule has 1 amide bonds. The lowest BCUT2D eigenvalue weighted by molar-refractivity contribution is -0.119. The fraction of sp³-hybridized carbons (Fsp3) is 0.562. The summed E-state index contributed by atoms with van der Waals surface area (Å²) in [5, 5.41) is 2.68. The summed E-state index contributed by atoms with van der Waals surface area (Å²) in [5.41, 5.74) is 0.388. The third-order valence-corrected chi connectivity index (χ3v) is 3.23. The van der Waals surface area contributed by atoms with Crippen molar-refractivity contribution in [2.24, 2.45) is 5.92 Å². The van der Waals surface area contributed by atoms with Gasteiger partial charge in [0.1, 0.15) is 25.1 Å². The molecule has 0 fully saturated rings. The van der Waals surface area contributed by atoms with Crippen LogP contribution >= 0.6 is 0 Å². The largest absolute Gasteiger partial charge is 0.349 e. The van der Waals surface area contributed by atoms with E-state index in [4.69, 9.17) is 0 Å². The van der Waals surface area contributed by atoms with Crippen molar-refractivity contribution in [3.63, 3.8) is 0 Å². The standard InChI is InChI=1S/C16H23NO5/c1-13(22)17-16(6-2-3-9-18)15(12-21)8-7-14(11-20)5-4-10-19/h8-12,14,16H,2-7H2,1H3,(H,17,22). The molecule has 6 heteroatoms. The third-order valence-electron chi connectivity index (χ3n) is 3.23. The molecule has 0 aromatic rings. The number of carbonyl (C=O) groups is 5. The lowest BCUT2D eigenvalue weighted by atomic mass is 9.96. The van der Waals surface area contributed by atoms with E-state index in [-0.39, 0.29) is 11.8 Å². The average molecular weight is 309 g/mol. The fourth-order valence-electron chi connectivity index (χ4n) is 2.06. The Morgan fingerprint density at radius 1 is 1.05 bits per heavy atom. The quantitative estimate of drug-likeness (QED) is 0.313. The molecule has 2 atom stereocenters. The lowest BCUT2D eigenvalue weighted by Gasteiger charge is -2.18. The van der Waals surface area contributed by atoms with Crippen LogP contribution in [0, 0.1) is 5.92 Å². The molecule has 0 aliphatic heterocycles. The van der Waals surface area contributed by atoms with Crippen molar-refractivity contribution in [2.45, 2.75) is 51.5 Å². The van der Waals surface area contributed by atoms with Gasteiger partial charge in [0.25, 0.3) is 0 Å². The topological polar surface area (TPSA) is 97.4 Å². The first-order valence-corrected chi connectivity index (χ1v) is 7.33. The van der Waals surface area contributed by atoms with Gasteiger partial charge in [-0.05, 0) is 25.7 Å². The number of nitrogens with one attached hydrogen (secondary N) is 1. The second-order valence-corrected chi connectivity index (χ2v) is 5.05. The molecule has 0 rings (SSSR count). The number of carbonyl (C=O) groups excluding carboxylic acids is 5. The van der Waals surface area contributed by atoms with Crippen LogP contribution in [0.2, 0.25) is 0 Å². The van der Waals surface area contributed by atoms with Gasteiger partial charge in [-0.1, -0.05) is 6.08 Å². The monoisotopic (exact) mass is 309 g/mol. The van der Waals surface area contributed by atoms with E-state index >= 15 is 0 Å². The molecule has 0 radical (unpaired) electrons. The summed E-state index contributed by atoms with van der Waals surface area (Å²) in [7, 11) is 0. The molecular formula is C16H23NO5. The van der Waals surface area contributed by atoms with Crippen molar-refractivity contribution < 1.29 is 24.0 Å². The molecule has 1 N–H and O–H groups in total. The van der Waals surface area contributed by atoms with Gasteiger partial charge in [-0.15, -0.1) is 0 Å². The summed E-state index contributed by atoms with van der Waals surface area (Å²) in [4.78, 5) is 54.1. The molecule has 6 nitrogen and oxygen atoms in total. The molecule has 2 unspecified atom stereocenters. The smallest absolute Gasteiger partial charge is 0.217 e. The van der Waals surface area contributed by atoms with Gasteiger partial charge in [-0.25, -0.2) is 0 Å². The molecule has 0 heterocycles. The van der Waals surface area contributed by atoms with Crippen LogP contribution in [0.5, 0.6) is 0 Å². The Kier molecular flexibility index (Phi) is 11.4. The Morgan fingerprint density at radius 3 is 2.23 bits per heavy atom. The van der Waals surface area contributed by atoms with Gasteiger partial charge in [0.2, 0.25) is 5.91 Å². The van der Waals surface area contributed by atoms with E-state index in [9.17, 15) is 24.0 Å². The van der Waals surface area contributed by atoms with Gasteiger partial charge in [-0.2, -0.15) is 0 Å². The number of unbranched alkanes of at least 4 members (excludes halogenated alkanes) is 1. The molecular weight excluding hydrogens is 286 g/mol. The van der Waals surface area contributed by atoms with Crippen LogP contribution in [0.25, 0.3) is 0 Å². The number of allylic oxidation sites excluding steroid dienone is 1. The highest BCUT2D eigenvalue weighted by molar-refractivity contribution is 5.79. The summed E-state index contributed by atoms with van der Waals surface area (Å²) in [5.74, 6) is -0.593. The van der Waals surface area contributed by atoms with Crippen LogP contribution in [0.15, 0.2) is 11.6 Å². The molecule has 0 aliphatic rings. The molecule has 0 spiro atoms. The molecule has 0 saturated heterocycles. The van der Waals surface area contributed by atoms with Crippen LogP contribution in [-0.2, 0) is 24.0 Å². The fourth-order valence-corrected chi connectivity index (χ4v) is 2.06. The minimum Gasteiger partial charge on any atom is -0.349 e. The zero-order valence-corrected chi connectivity index (χ0v) is 12.8. The first-order valence-electron chi connectivity index (χ1n) is 7.33. The zero-order valence-electron chi connectivity index (χ0n) is 12.8. The Bertz CT molecular complexity index is 417. The Balaban J connectivity index is 4.84. The summed E-state index contributed by atoms with van der Waals surface area (Å²) in [6.07, 6.45) is 7.05. The zero-order chi connectivity index (χ0) is 16.8. The SMILES string of the molecule is CC(=O)NC(CCCC=O)C(C=O)=CCC(C=O)CCC=O. The number of hydrogen-bond acceptors (Lipinski definition) is 5.